The Hall–Kier alpha value is -0.540. The maximum atomic E-state index is 10.5. The monoisotopic (exact) mass is 340 g/mol. The lowest BCUT2D eigenvalue weighted by atomic mass is 9.85. The van der Waals surface area contributed by atoms with Crippen molar-refractivity contribution in [3.05, 3.63) is 27.7 Å². The Labute approximate surface area is 130 Å². The van der Waals surface area contributed by atoms with E-state index < -0.39 is 6.10 Å². The van der Waals surface area contributed by atoms with Crippen LogP contribution in [-0.4, -0.2) is 12.2 Å². The van der Waals surface area contributed by atoms with Crippen molar-refractivity contribution >= 4 is 15.9 Å². The standard InChI is InChI=1S/C17H25BrO2/c1-12-10-17(20-2)14(11-15(12)18)16(19)9-8-13-6-4-3-5-7-13/h10-11,13,16,19H,3-9H2,1-2H3. The van der Waals surface area contributed by atoms with Crippen LogP contribution in [0.15, 0.2) is 16.6 Å². The van der Waals surface area contributed by atoms with Crippen LogP contribution in [0.25, 0.3) is 0 Å². The molecule has 1 saturated carbocycles. The molecule has 0 bridgehead atoms. The molecule has 0 heterocycles. The summed E-state index contributed by atoms with van der Waals surface area (Å²) in [6.07, 6.45) is 8.30. The van der Waals surface area contributed by atoms with Crippen molar-refractivity contribution < 1.29 is 9.84 Å². The molecule has 1 N–H and O–H groups in total. The number of aliphatic hydroxyl groups is 1. The summed E-state index contributed by atoms with van der Waals surface area (Å²) in [5, 5.41) is 10.5. The first-order valence-corrected chi connectivity index (χ1v) is 8.43. The van der Waals surface area contributed by atoms with Crippen LogP contribution in [0.5, 0.6) is 5.75 Å². The molecule has 20 heavy (non-hydrogen) atoms. The van der Waals surface area contributed by atoms with Gasteiger partial charge in [0.2, 0.25) is 0 Å². The van der Waals surface area contributed by atoms with Gasteiger partial charge in [-0.05, 0) is 43.4 Å². The third kappa shape index (κ3) is 3.98. The average molecular weight is 341 g/mol. The number of aryl methyl sites for hydroxylation is 1. The number of ether oxygens (including phenoxy) is 1. The molecule has 2 nitrogen and oxygen atoms in total. The summed E-state index contributed by atoms with van der Waals surface area (Å²) >= 11 is 3.54. The second-order valence-electron chi connectivity index (χ2n) is 5.94. The van der Waals surface area contributed by atoms with Crippen LogP contribution < -0.4 is 4.74 Å². The molecule has 1 aliphatic carbocycles. The van der Waals surface area contributed by atoms with E-state index in [9.17, 15) is 5.11 Å². The third-order valence-corrected chi connectivity index (χ3v) is 5.30. The van der Waals surface area contributed by atoms with Crippen LogP contribution in [-0.2, 0) is 0 Å². The van der Waals surface area contributed by atoms with Gasteiger partial charge in [-0.3, -0.25) is 0 Å². The number of methoxy groups -OCH3 is 1. The SMILES string of the molecule is COc1cc(C)c(Br)cc1C(O)CCC1CCCCC1. The lowest BCUT2D eigenvalue weighted by molar-refractivity contribution is 0.148. The van der Waals surface area contributed by atoms with Crippen molar-refractivity contribution in [1.82, 2.24) is 0 Å². The zero-order valence-electron chi connectivity index (χ0n) is 12.5. The Morgan fingerprint density at radius 3 is 2.65 bits per heavy atom. The van der Waals surface area contributed by atoms with Crippen molar-refractivity contribution in [2.45, 2.75) is 58.0 Å². The molecule has 0 aromatic heterocycles. The zero-order valence-corrected chi connectivity index (χ0v) is 14.1. The molecule has 0 aliphatic heterocycles. The van der Waals surface area contributed by atoms with Gasteiger partial charge >= 0.3 is 0 Å². The van der Waals surface area contributed by atoms with Gasteiger partial charge in [0.05, 0.1) is 13.2 Å². The third-order valence-electron chi connectivity index (χ3n) is 4.44. The van der Waals surface area contributed by atoms with Crippen LogP contribution in [0, 0.1) is 12.8 Å². The molecular formula is C17H25BrO2. The molecule has 1 unspecified atom stereocenters. The maximum Gasteiger partial charge on any atom is 0.125 e. The normalized spacial score (nSPS) is 18.0. The Kier molecular flexibility index (Phi) is 5.91. The van der Waals surface area contributed by atoms with Gasteiger partial charge in [-0.15, -0.1) is 0 Å². The molecule has 1 aromatic carbocycles. The molecule has 3 heteroatoms. The topological polar surface area (TPSA) is 29.5 Å². The van der Waals surface area contributed by atoms with Crippen LogP contribution in [0.3, 0.4) is 0 Å². The van der Waals surface area contributed by atoms with Crippen LogP contribution in [0.4, 0.5) is 0 Å². The van der Waals surface area contributed by atoms with E-state index in [0.29, 0.717) is 0 Å². The van der Waals surface area contributed by atoms with E-state index in [1.54, 1.807) is 7.11 Å². The second kappa shape index (κ2) is 7.46. The van der Waals surface area contributed by atoms with E-state index in [1.807, 2.05) is 19.1 Å². The predicted octanol–water partition coefficient (Wildman–Crippen LogP) is 5.16. The molecule has 1 aromatic rings. The lowest BCUT2D eigenvalue weighted by Crippen LogP contribution is -2.09. The fraction of sp³-hybridized carbons (Fsp3) is 0.647. The first-order valence-electron chi connectivity index (χ1n) is 7.64. The number of hydrogen-bond acceptors (Lipinski definition) is 2. The number of aliphatic hydroxyl groups excluding tert-OH is 1. The van der Waals surface area contributed by atoms with Gasteiger partial charge in [0.25, 0.3) is 0 Å². The first kappa shape index (κ1) is 15.8. The summed E-state index contributed by atoms with van der Waals surface area (Å²) in [6.45, 7) is 2.03. The van der Waals surface area contributed by atoms with Gasteiger partial charge < -0.3 is 9.84 Å². The minimum Gasteiger partial charge on any atom is -0.496 e. The molecule has 0 spiro atoms. The number of rotatable bonds is 5. The Balaban J connectivity index is 2.00. The number of hydrogen-bond donors (Lipinski definition) is 1. The molecule has 2 rings (SSSR count). The molecule has 1 aliphatic rings. The van der Waals surface area contributed by atoms with Gasteiger partial charge in [-0.25, -0.2) is 0 Å². The Bertz CT molecular complexity index is 439. The molecule has 0 amide bonds. The van der Waals surface area contributed by atoms with E-state index in [0.717, 1.165) is 40.1 Å². The molecular weight excluding hydrogens is 316 g/mol. The highest BCUT2D eigenvalue weighted by Crippen LogP contribution is 2.35. The van der Waals surface area contributed by atoms with E-state index in [1.165, 1.54) is 32.1 Å². The summed E-state index contributed by atoms with van der Waals surface area (Å²) in [6, 6.07) is 3.99. The average Bonchev–Trinajstić information content (AvgIpc) is 2.48. The molecule has 112 valence electrons. The van der Waals surface area contributed by atoms with Crippen LogP contribution >= 0.6 is 15.9 Å². The van der Waals surface area contributed by atoms with Crippen molar-refractivity contribution in [3.8, 4) is 5.75 Å². The smallest absolute Gasteiger partial charge is 0.125 e. The summed E-state index contributed by atoms with van der Waals surface area (Å²) < 4.78 is 6.45. The molecule has 0 saturated heterocycles. The minimum absolute atomic E-state index is 0.427. The van der Waals surface area contributed by atoms with E-state index in [-0.39, 0.29) is 0 Å². The summed E-state index contributed by atoms with van der Waals surface area (Å²) in [4.78, 5) is 0. The van der Waals surface area contributed by atoms with Gasteiger partial charge in [0.15, 0.2) is 0 Å². The fourth-order valence-electron chi connectivity index (χ4n) is 3.13. The summed E-state index contributed by atoms with van der Waals surface area (Å²) in [5.41, 5.74) is 2.03. The summed E-state index contributed by atoms with van der Waals surface area (Å²) in [7, 11) is 1.67. The van der Waals surface area contributed by atoms with Gasteiger partial charge in [0.1, 0.15) is 5.75 Å². The van der Waals surface area contributed by atoms with Gasteiger partial charge in [-0.1, -0.05) is 48.0 Å². The quantitative estimate of drug-likeness (QED) is 0.802. The number of halogens is 1. The fourth-order valence-corrected chi connectivity index (χ4v) is 3.49. The largest absolute Gasteiger partial charge is 0.496 e. The van der Waals surface area contributed by atoms with Crippen molar-refractivity contribution in [2.75, 3.05) is 7.11 Å². The summed E-state index contributed by atoms with van der Waals surface area (Å²) in [5.74, 6) is 1.60. The van der Waals surface area contributed by atoms with Gasteiger partial charge in [-0.2, -0.15) is 0 Å². The molecule has 1 fully saturated rings. The maximum absolute atomic E-state index is 10.5. The molecule has 0 radical (unpaired) electrons. The Morgan fingerprint density at radius 1 is 1.30 bits per heavy atom. The van der Waals surface area contributed by atoms with E-state index in [4.69, 9.17) is 4.74 Å². The lowest BCUT2D eigenvalue weighted by Gasteiger charge is -2.23. The Morgan fingerprint density at radius 2 is 2.00 bits per heavy atom. The van der Waals surface area contributed by atoms with Gasteiger partial charge in [0, 0.05) is 10.0 Å². The highest BCUT2D eigenvalue weighted by atomic mass is 79.9. The van der Waals surface area contributed by atoms with Crippen molar-refractivity contribution in [2.24, 2.45) is 5.92 Å². The van der Waals surface area contributed by atoms with Crippen molar-refractivity contribution in [3.63, 3.8) is 0 Å². The first-order chi connectivity index (χ1) is 9.61. The van der Waals surface area contributed by atoms with E-state index >= 15 is 0 Å². The highest BCUT2D eigenvalue weighted by molar-refractivity contribution is 9.10. The molecule has 1 atom stereocenters. The van der Waals surface area contributed by atoms with Crippen LogP contribution in [0.2, 0.25) is 0 Å². The highest BCUT2D eigenvalue weighted by Gasteiger charge is 2.19. The predicted molar refractivity (Wildman–Crippen MR) is 86.2 cm³/mol. The minimum atomic E-state index is -0.427. The zero-order chi connectivity index (χ0) is 14.5. The number of benzene rings is 1. The van der Waals surface area contributed by atoms with E-state index in [2.05, 4.69) is 15.9 Å². The second-order valence-corrected chi connectivity index (χ2v) is 6.79. The van der Waals surface area contributed by atoms with Crippen LogP contribution in [0.1, 0.15) is 62.2 Å². The van der Waals surface area contributed by atoms with Crippen molar-refractivity contribution in [1.29, 1.82) is 0 Å².